The molecule has 338 valence electrons. The van der Waals surface area contributed by atoms with Crippen LogP contribution in [0.2, 0.25) is 0 Å². The highest BCUT2D eigenvalue weighted by atomic mass is 19.3. The smallest absolute Gasteiger partial charge is 0.264 e. The average Bonchev–Trinajstić information content (AvgIpc) is 4.03. The van der Waals surface area contributed by atoms with Gasteiger partial charge in [0.15, 0.2) is 5.82 Å². The van der Waals surface area contributed by atoms with E-state index in [1.54, 1.807) is 24.1 Å². The van der Waals surface area contributed by atoms with Crippen LogP contribution in [0.4, 0.5) is 26.0 Å². The van der Waals surface area contributed by atoms with E-state index < -0.39 is 18.4 Å². The Morgan fingerprint density at radius 1 is 0.846 bits per heavy atom. The number of imide groups is 1. The van der Waals surface area contributed by atoms with Crippen molar-refractivity contribution in [1.82, 2.24) is 39.2 Å². The van der Waals surface area contributed by atoms with E-state index in [-0.39, 0.29) is 35.7 Å². The fraction of sp³-hybridized carbons (Fsp3) is 0.469. The van der Waals surface area contributed by atoms with E-state index in [2.05, 4.69) is 53.3 Å². The van der Waals surface area contributed by atoms with Crippen LogP contribution in [0.3, 0.4) is 0 Å². The average molecular weight is 885 g/mol. The summed E-state index contributed by atoms with van der Waals surface area (Å²) in [6.45, 7) is 7.04. The fourth-order valence-corrected chi connectivity index (χ4v) is 11.5. The molecule has 0 saturated carbocycles. The number of hydrogen-bond acceptors (Lipinski definition) is 9. The molecule has 1 atom stereocenters. The Labute approximate surface area is 376 Å². The number of piperidine rings is 3. The zero-order valence-corrected chi connectivity index (χ0v) is 36.9. The van der Waals surface area contributed by atoms with E-state index in [0.29, 0.717) is 56.1 Å². The first-order valence-electron chi connectivity index (χ1n) is 23.3. The molecule has 9 heterocycles. The first kappa shape index (κ1) is 41.5. The second kappa shape index (κ2) is 16.4. The van der Waals surface area contributed by atoms with Crippen molar-refractivity contribution in [3.05, 3.63) is 94.1 Å². The number of pyridine rings is 1. The maximum absolute atomic E-state index is 15.4. The molecule has 16 heteroatoms. The summed E-state index contributed by atoms with van der Waals surface area (Å²) >= 11 is 0. The molecule has 0 bridgehead atoms. The number of aryl methyl sites for hydroxylation is 1. The van der Waals surface area contributed by atoms with Gasteiger partial charge >= 0.3 is 0 Å². The number of anilines is 3. The van der Waals surface area contributed by atoms with Crippen molar-refractivity contribution < 1.29 is 28.0 Å². The molecule has 11 rings (SSSR count). The summed E-state index contributed by atoms with van der Waals surface area (Å²) in [5.41, 5.74) is 9.51. The number of nitrogens with zero attached hydrogens (tertiary/aromatic N) is 9. The van der Waals surface area contributed by atoms with E-state index in [1.165, 1.54) is 0 Å². The Morgan fingerprint density at radius 3 is 2.43 bits per heavy atom. The maximum Gasteiger partial charge on any atom is 0.264 e. The van der Waals surface area contributed by atoms with Gasteiger partial charge in [-0.05, 0) is 130 Å². The van der Waals surface area contributed by atoms with Gasteiger partial charge < -0.3 is 28.9 Å². The van der Waals surface area contributed by atoms with Crippen LogP contribution in [-0.4, -0.2) is 110 Å². The quantitative estimate of drug-likeness (QED) is 0.181. The van der Waals surface area contributed by atoms with Gasteiger partial charge in [0.25, 0.3) is 12.3 Å². The van der Waals surface area contributed by atoms with Gasteiger partial charge in [-0.1, -0.05) is 0 Å². The minimum Gasteiger partial charge on any atom is -0.371 e. The minimum atomic E-state index is -2.71. The van der Waals surface area contributed by atoms with Crippen LogP contribution in [-0.2, 0) is 40.3 Å². The summed E-state index contributed by atoms with van der Waals surface area (Å²) in [4.78, 5) is 65.4. The van der Waals surface area contributed by atoms with Gasteiger partial charge in [0.05, 0.1) is 12.6 Å². The summed E-state index contributed by atoms with van der Waals surface area (Å²) in [6.07, 6.45) is 7.45. The van der Waals surface area contributed by atoms with Gasteiger partial charge in [-0.3, -0.25) is 29.2 Å². The summed E-state index contributed by atoms with van der Waals surface area (Å²) in [5.74, 6) is 0.133. The third-order valence-electron chi connectivity index (χ3n) is 15.0. The van der Waals surface area contributed by atoms with Crippen LogP contribution in [0, 0.1) is 0 Å². The lowest BCUT2D eigenvalue weighted by Gasteiger charge is -2.35. The van der Waals surface area contributed by atoms with Crippen LogP contribution >= 0.6 is 0 Å². The van der Waals surface area contributed by atoms with Gasteiger partial charge in [0.1, 0.15) is 11.7 Å². The Bertz CT molecular complexity index is 2750. The van der Waals surface area contributed by atoms with Crippen LogP contribution < -0.4 is 15.1 Å². The summed E-state index contributed by atoms with van der Waals surface area (Å²) < 4.78 is 35.2. The molecule has 3 fully saturated rings. The van der Waals surface area contributed by atoms with Gasteiger partial charge in [-0.25, -0.2) is 13.8 Å². The number of amides is 4. The standard InChI is InChI=1S/C49H54F2N10O4/c1-29(62)57-20-13-40-39(28-57)47(54-61(40)34-11-18-56(19-12-34)35-5-6-36-33(22-35)27-60(49(36)65)41-7-8-45(63)53-48(41)64)59-15-3-4-31-23-37(38(46(50)51)26-43(31)59)32-24-42(30-9-16-55(2)17-10-30)58-21-14-52-44(58)25-32/h5-6,14,21-26,30,34,41,46H,3-4,7-13,15-20,27-28H2,1-2H3,(H,53,63,64). The largest absolute Gasteiger partial charge is 0.371 e. The fourth-order valence-electron chi connectivity index (χ4n) is 11.5. The lowest BCUT2D eigenvalue weighted by molar-refractivity contribution is -0.137. The number of alkyl halides is 2. The lowest BCUT2D eigenvalue weighted by Crippen LogP contribution is -2.52. The topological polar surface area (TPSA) is 132 Å². The molecule has 3 aromatic heterocycles. The van der Waals surface area contributed by atoms with Gasteiger partial charge in [-0.2, -0.15) is 5.10 Å². The number of carbonyl (C=O) groups is 4. The van der Waals surface area contributed by atoms with Crippen LogP contribution in [0.5, 0.6) is 0 Å². The van der Waals surface area contributed by atoms with Gasteiger partial charge in [0, 0.05) is 110 Å². The number of hydrogen-bond donors (Lipinski definition) is 1. The molecule has 0 radical (unpaired) electrons. The number of aromatic nitrogens is 4. The van der Waals surface area contributed by atoms with E-state index >= 15 is 8.78 Å². The number of nitrogens with one attached hydrogen (secondary N) is 1. The van der Waals surface area contributed by atoms with E-state index in [4.69, 9.17) is 5.10 Å². The van der Waals surface area contributed by atoms with E-state index in [9.17, 15) is 19.2 Å². The molecule has 0 spiro atoms. The Balaban J connectivity index is 0.881. The predicted molar refractivity (Wildman–Crippen MR) is 240 cm³/mol. The monoisotopic (exact) mass is 884 g/mol. The lowest BCUT2D eigenvalue weighted by atomic mass is 9.89. The van der Waals surface area contributed by atoms with E-state index in [0.717, 1.165) is 121 Å². The van der Waals surface area contributed by atoms with Crippen LogP contribution in [0.1, 0.15) is 114 Å². The number of benzene rings is 2. The molecule has 5 aromatic rings. The summed E-state index contributed by atoms with van der Waals surface area (Å²) in [5, 5.41) is 7.76. The third kappa shape index (κ3) is 7.33. The first-order chi connectivity index (χ1) is 31.5. The molecule has 6 aliphatic rings. The summed E-state index contributed by atoms with van der Waals surface area (Å²) in [6, 6.07) is 13.1. The zero-order valence-electron chi connectivity index (χ0n) is 36.9. The second-order valence-corrected chi connectivity index (χ2v) is 18.9. The molecule has 3 saturated heterocycles. The van der Waals surface area contributed by atoms with Crippen molar-refractivity contribution in [2.75, 3.05) is 56.1 Å². The normalized spacial score (nSPS) is 21.1. The Kier molecular flexibility index (Phi) is 10.5. The third-order valence-corrected chi connectivity index (χ3v) is 15.0. The predicted octanol–water partition coefficient (Wildman–Crippen LogP) is 6.54. The number of fused-ring (bicyclic) bond motifs is 4. The molecule has 1 N–H and O–H groups in total. The number of halogens is 2. The number of carbonyl (C=O) groups excluding carboxylic acids is 4. The molecule has 4 amide bonds. The summed E-state index contributed by atoms with van der Waals surface area (Å²) in [7, 11) is 2.14. The van der Waals surface area contributed by atoms with Crippen molar-refractivity contribution in [3.63, 3.8) is 0 Å². The molecule has 14 nitrogen and oxygen atoms in total. The zero-order chi connectivity index (χ0) is 44.7. The molecule has 0 aliphatic carbocycles. The minimum absolute atomic E-state index is 0.00309. The van der Waals surface area contributed by atoms with Crippen molar-refractivity contribution >= 4 is 46.5 Å². The number of imidazole rings is 1. The molecule has 65 heavy (non-hydrogen) atoms. The highest BCUT2D eigenvalue weighted by molar-refractivity contribution is 6.05. The highest BCUT2D eigenvalue weighted by Gasteiger charge is 2.40. The Hall–Kier alpha value is -6.16. The van der Waals surface area contributed by atoms with Crippen molar-refractivity contribution in [3.8, 4) is 11.1 Å². The van der Waals surface area contributed by atoms with Crippen molar-refractivity contribution in [2.45, 2.75) is 102 Å². The molecule has 6 aliphatic heterocycles. The van der Waals surface area contributed by atoms with Crippen molar-refractivity contribution in [1.29, 1.82) is 0 Å². The number of rotatable bonds is 7. The first-order valence-corrected chi connectivity index (χ1v) is 23.3. The molecular weight excluding hydrogens is 831 g/mol. The van der Waals surface area contributed by atoms with Crippen LogP contribution in [0.25, 0.3) is 16.8 Å². The van der Waals surface area contributed by atoms with Crippen molar-refractivity contribution in [2.24, 2.45) is 0 Å². The highest BCUT2D eigenvalue weighted by Crippen LogP contribution is 2.45. The Morgan fingerprint density at radius 2 is 1.66 bits per heavy atom. The van der Waals surface area contributed by atoms with E-state index in [1.807, 2.05) is 35.4 Å². The second-order valence-electron chi connectivity index (χ2n) is 18.9. The SMILES string of the molecule is CC(=O)N1CCc2c(c(N3CCCc4cc(-c5cc(C6CCN(C)CC6)n6ccnc6c5)c(C(F)F)cc43)nn2C2CCN(c3ccc4c(c3)CN(C3CCC(=O)NC3=O)C4=O)CC2)C1. The maximum atomic E-state index is 15.4. The molecule has 1 unspecified atom stereocenters. The molecular formula is C49H54F2N10O4. The number of likely N-dealkylation sites (tertiary alicyclic amines) is 1. The molecule has 2 aromatic carbocycles. The van der Waals surface area contributed by atoms with Crippen LogP contribution in [0.15, 0.2) is 54.9 Å². The van der Waals surface area contributed by atoms with Gasteiger partial charge in [0.2, 0.25) is 17.7 Å². The van der Waals surface area contributed by atoms with Gasteiger partial charge in [-0.15, -0.1) is 0 Å².